The lowest BCUT2D eigenvalue weighted by atomic mass is 10.2. The van der Waals surface area contributed by atoms with Gasteiger partial charge in [-0.1, -0.05) is 0 Å². The summed E-state index contributed by atoms with van der Waals surface area (Å²) in [6.45, 7) is 2.22. The number of carbonyl (C=O) groups is 1. The minimum atomic E-state index is -4.50. The van der Waals surface area contributed by atoms with Crippen LogP contribution in [0.3, 0.4) is 0 Å². The van der Waals surface area contributed by atoms with E-state index in [-0.39, 0.29) is 5.69 Å². The zero-order valence-corrected chi connectivity index (χ0v) is 14.4. The zero-order chi connectivity index (χ0) is 18.7. The molecular weight excluding hydrogens is 367 g/mol. The lowest BCUT2D eigenvalue weighted by molar-refractivity contribution is -0.142. The summed E-state index contributed by atoms with van der Waals surface area (Å²) in [7, 11) is 0. The Hall–Kier alpha value is -2.88. The maximum atomic E-state index is 12.9. The molecule has 0 aliphatic heterocycles. The Bertz CT molecular complexity index is 901. The lowest BCUT2D eigenvalue weighted by Crippen LogP contribution is -2.27. The highest BCUT2D eigenvalue weighted by atomic mass is 32.1. The van der Waals surface area contributed by atoms with Crippen LogP contribution in [0.2, 0.25) is 0 Å². The molecule has 0 atom stereocenters. The number of alkyl halides is 3. The number of amides is 2. The maximum absolute atomic E-state index is 12.9. The quantitative estimate of drug-likeness (QED) is 0.718. The largest absolute Gasteiger partial charge is 0.433 e. The van der Waals surface area contributed by atoms with E-state index in [2.05, 4.69) is 20.7 Å². The summed E-state index contributed by atoms with van der Waals surface area (Å²) in [6, 6.07) is 6.40. The molecule has 0 spiro atoms. The second kappa shape index (κ2) is 7.16. The van der Waals surface area contributed by atoms with E-state index in [1.807, 2.05) is 6.92 Å². The molecular formula is C16H14F3N5OS. The van der Waals surface area contributed by atoms with E-state index in [1.54, 1.807) is 6.20 Å². The molecule has 1 aromatic carbocycles. The van der Waals surface area contributed by atoms with Gasteiger partial charge in [0.25, 0.3) is 0 Å². The molecule has 2 amide bonds. The standard InChI is InChI=1S/C16H14F3N5OS/c1-10-20-8-13(26-10)9-21-15(25)23-11-2-4-12(5-3-11)24-14(6-7-22-24)16(17,18)19/h2-8H,9H2,1H3,(H2,21,23,25). The van der Waals surface area contributed by atoms with Crippen molar-refractivity contribution in [1.82, 2.24) is 20.1 Å². The van der Waals surface area contributed by atoms with Gasteiger partial charge in [-0.3, -0.25) is 0 Å². The Kier molecular flexibility index (Phi) is 4.94. The van der Waals surface area contributed by atoms with Gasteiger partial charge >= 0.3 is 12.2 Å². The number of rotatable bonds is 4. The fourth-order valence-electron chi connectivity index (χ4n) is 2.24. The summed E-state index contributed by atoms with van der Waals surface area (Å²) < 4.78 is 39.5. The third-order valence-corrected chi connectivity index (χ3v) is 4.31. The van der Waals surface area contributed by atoms with Crippen molar-refractivity contribution >= 4 is 23.1 Å². The minimum absolute atomic E-state index is 0.244. The van der Waals surface area contributed by atoms with Gasteiger partial charge in [-0.05, 0) is 37.3 Å². The molecule has 0 aliphatic carbocycles. The molecule has 136 valence electrons. The van der Waals surface area contributed by atoms with Crippen molar-refractivity contribution in [2.75, 3.05) is 5.32 Å². The third-order valence-electron chi connectivity index (χ3n) is 3.40. The molecule has 0 aliphatic rings. The Morgan fingerprint density at radius 3 is 2.58 bits per heavy atom. The number of benzene rings is 1. The predicted molar refractivity (Wildman–Crippen MR) is 91.3 cm³/mol. The number of anilines is 1. The van der Waals surface area contributed by atoms with Crippen LogP contribution in [0.25, 0.3) is 5.69 Å². The Balaban J connectivity index is 1.63. The molecule has 3 aromatic rings. The molecule has 2 heterocycles. The smallest absolute Gasteiger partial charge is 0.333 e. The van der Waals surface area contributed by atoms with Gasteiger partial charge in [0.1, 0.15) is 5.69 Å². The van der Waals surface area contributed by atoms with Gasteiger partial charge < -0.3 is 10.6 Å². The van der Waals surface area contributed by atoms with Crippen molar-refractivity contribution in [1.29, 1.82) is 0 Å². The van der Waals surface area contributed by atoms with Crippen LogP contribution in [0.1, 0.15) is 15.6 Å². The molecule has 0 saturated carbocycles. The Labute approximate surface area is 150 Å². The van der Waals surface area contributed by atoms with Crippen LogP contribution in [0.4, 0.5) is 23.7 Å². The molecule has 0 radical (unpaired) electrons. The number of halogens is 3. The highest BCUT2D eigenvalue weighted by Gasteiger charge is 2.35. The van der Waals surface area contributed by atoms with Crippen LogP contribution in [0, 0.1) is 6.92 Å². The highest BCUT2D eigenvalue weighted by Crippen LogP contribution is 2.30. The van der Waals surface area contributed by atoms with E-state index in [9.17, 15) is 18.0 Å². The van der Waals surface area contributed by atoms with Crippen LogP contribution in [-0.2, 0) is 12.7 Å². The number of hydrogen-bond acceptors (Lipinski definition) is 4. The number of thiazole rings is 1. The zero-order valence-electron chi connectivity index (χ0n) is 13.5. The van der Waals surface area contributed by atoms with Crippen LogP contribution in [0.15, 0.2) is 42.7 Å². The van der Waals surface area contributed by atoms with Crippen LogP contribution < -0.4 is 10.6 Å². The van der Waals surface area contributed by atoms with Gasteiger partial charge in [0.05, 0.1) is 23.4 Å². The van der Waals surface area contributed by atoms with E-state index in [0.717, 1.165) is 26.8 Å². The number of urea groups is 1. The minimum Gasteiger partial charge on any atom is -0.333 e. The van der Waals surface area contributed by atoms with E-state index in [4.69, 9.17) is 0 Å². The van der Waals surface area contributed by atoms with Gasteiger partial charge in [-0.25, -0.2) is 14.5 Å². The topological polar surface area (TPSA) is 71.8 Å². The summed E-state index contributed by atoms with van der Waals surface area (Å²) in [5, 5.41) is 9.92. The summed E-state index contributed by atoms with van der Waals surface area (Å²) in [4.78, 5) is 16.9. The number of aromatic nitrogens is 3. The first-order valence-corrected chi connectivity index (χ1v) is 8.32. The number of hydrogen-bond donors (Lipinski definition) is 2. The molecule has 6 nitrogen and oxygen atoms in total. The van der Waals surface area contributed by atoms with Crippen LogP contribution >= 0.6 is 11.3 Å². The van der Waals surface area contributed by atoms with Gasteiger partial charge in [-0.15, -0.1) is 11.3 Å². The highest BCUT2D eigenvalue weighted by molar-refractivity contribution is 7.11. The lowest BCUT2D eigenvalue weighted by Gasteiger charge is -2.11. The average Bonchev–Trinajstić information content (AvgIpc) is 3.22. The Morgan fingerprint density at radius 2 is 1.96 bits per heavy atom. The van der Waals surface area contributed by atoms with Crippen molar-refractivity contribution in [2.24, 2.45) is 0 Å². The molecule has 2 aromatic heterocycles. The molecule has 0 bridgehead atoms. The Morgan fingerprint density at radius 1 is 1.23 bits per heavy atom. The molecule has 2 N–H and O–H groups in total. The molecule has 0 unspecified atom stereocenters. The second-order valence-electron chi connectivity index (χ2n) is 5.33. The monoisotopic (exact) mass is 381 g/mol. The fourth-order valence-corrected chi connectivity index (χ4v) is 2.97. The molecule has 26 heavy (non-hydrogen) atoms. The third kappa shape index (κ3) is 4.20. The number of nitrogens with one attached hydrogen (secondary N) is 2. The van der Waals surface area contributed by atoms with E-state index >= 15 is 0 Å². The summed E-state index contributed by atoms with van der Waals surface area (Å²) in [6.07, 6.45) is -1.72. The van der Waals surface area contributed by atoms with Gasteiger partial charge in [0.2, 0.25) is 0 Å². The summed E-state index contributed by atoms with van der Waals surface area (Å²) >= 11 is 1.48. The first-order chi connectivity index (χ1) is 12.3. The summed E-state index contributed by atoms with van der Waals surface area (Å²) in [5.41, 5.74) is -0.170. The van der Waals surface area contributed by atoms with E-state index < -0.39 is 17.9 Å². The van der Waals surface area contributed by atoms with E-state index in [0.29, 0.717) is 12.2 Å². The SMILES string of the molecule is Cc1ncc(CNC(=O)Nc2ccc(-n3nccc3C(F)(F)F)cc2)s1. The summed E-state index contributed by atoms with van der Waals surface area (Å²) in [5.74, 6) is 0. The van der Waals surface area contributed by atoms with Crippen molar-refractivity contribution in [3.05, 3.63) is 58.3 Å². The van der Waals surface area contributed by atoms with Crippen molar-refractivity contribution in [3.63, 3.8) is 0 Å². The number of aryl methyl sites for hydroxylation is 1. The second-order valence-corrected chi connectivity index (χ2v) is 6.65. The van der Waals surface area contributed by atoms with Crippen molar-refractivity contribution in [3.8, 4) is 5.69 Å². The van der Waals surface area contributed by atoms with Crippen molar-refractivity contribution in [2.45, 2.75) is 19.6 Å². The molecule has 3 rings (SSSR count). The van der Waals surface area contributed by atoms with Crippen molar-refractivity contribution < 1.29 is 18.0 Å². The number of carbonyl (C=O) groups excluding carboxylic acids is 1. The van der Waals surface area contributed by atoms with Gasteiger partial charge in [0.15, 0.2) is 0 Å². The first kappa shape index (κ1) is 17.9. The first-order valence-electron chi connectivity index (χ1n) is 7.51. The molecule has 0 saturated heterocycles. The van der Waals surface area contributed by atoms with Crippen LogP contribution in [-0.4, -0.2) is 20.8 Å². The van der Waals surface area contributed by atoms with Gasteiger partial charge in [-0.2, -0.15) is 18.3 Å². The van der Waals surface area contributed by atoms with Crippen LogP contribution in [0.5, 0.6) is 0 Å². The normalized spacial score (nSPS) is 11.4. The van der Waals surface area contributed by atoms with Gasteiger partial charge in [0, 0.05) is 16.8 Å². The average molecular weight is 381 g/mol. The maximum Gasteiger partial charge on any atom is 0.433 e. The molecule has 0 fully saturated rings. The predicted octanol–water partition coefficient (Wildman–Crippen LogP) is 3.98. The fraction of sp³-hybridized carbons (Fsp3) is 0.188. The molecule has 10 heteroatoms. The van der Waals surface area contributed by atoms with E-state index in [1.165, 1.54) is 35.6 Å². The number of nitrogens with zero attached hydrogens (tertiary/aromatic N) is 3.